The lowest BCUT2D eigenvalue weighted by atomic mass is 9.92. The Hall–Kier alpha value is -4.26. The van der Waals surface area contributed by atoms with Gasteiger partial charge in [-0.3, -0.25) is 0 Å². The van der Waals surface area contributed by atoms with Crippen LogP contribution in [-0.4, -0.2) is 25.7 Å². The molecule has 2 N–H and O–H groups in total. The second kappa shape index (κ2) is 10.6. The number of ether oxygens (including phenoxy) is 3. The summed E-state index contributed by atoms with van der Waals surface area (Å²) in [6.45, 7) is 2.40. The van der Waals surface area contributed by atoms with Gasteiger partial charge in [0.2, 0.25) is 0 Å². The van der Waals surface area contributed by atoms with E-state index in [2.05, 4.69) is 10.6 Å². The molecular weight excluding hydrogens is 432 g/mol. The zero-order valence-electron chi connectivity index (χ0n) is 19.0. The first-order valence-corrected chi connectivity index (χ1v) is 11.0. The third-order valence-corrected chi connectivity index (χ3v) is 5.41. The Morgan fingerprint density at radius 3 is 2.24 bits per heavy atom. The van der Waals surface area contributed by atoms with Crippen molar-refractivity contribution >= 4 is 17.7 Å². The number of hydrogen-bond acceptors (Lipinski definition) is 5. The van der Waals surface area contributed by atoms with E-state index in [1.54, 1.807) is 38.3 Å². The number of nitrogens with one attached hydrogen (secondary N) is 2. The van der Waals surface area contributed by atoms with Gasteiger partial charge in [-0.15, -0.1) is 0 Å². The van der Waals surface area contributed by atoms with Crippen LogP contribution in [0.15, 0.2) is 84.4 Å². The summed E-state index contributed by atoms with van der Waals surface area (Å²) < 4.78 is 16.4. The molecule has 4 rings (SSSR count). The fourth-order valence-corrected chi connectivity index (χ4v) is 3.73. The van der Waals surface area contributed by atoms with Crippen LogP contribution in [0.25, 0.3) is 5.70 Å². The minimum Gasteiger partial charge on any atom is -0.497 e. The van der Waals surface area contributed by atoms with E-state index < -0.39 is 18.0 Å². The van der Waals surface area contributed by atoms with Crippen LogP contribution in [0.2, 0.25) is 0 Å². The number of carbonyl (C=O) groups excluding carboxylic acids is 2. The first-order chi connectivity index (χ1) is 16.6. The second-order valence-electron chi connectivity index (χ2n) is 7.61. The Bertz CT molecular complexity index is 1170. The highest BCUT2D eigenvalue weighted by molar-refractivity contribution is 6.04. The topological polar surface area (TPSA) is 85.9 Å². The average molecular weight is 459 g/mol. The third kappa shape index (κ3) is 5.20. The van der Waals surface area contributed by atoms with Crippen LogP contribution < -0.4 is 20.1 Å². The second-order valence-corrected chi connectivity index (χ2v) is 7.61. The molecule has 0 radical (unpaired) electrons. The molecule has 0 fully saturated rings. The Morgan fingerprint density at radius 1 is 0.912 bits per heavy atom. The van der Waals surface area contributed by atoms with Crippen molar-refractivity contribution in [2.75, 3.05) is 13.7 Å². The maximum Gasteiger partial charge on any atom is 0.338 e. The molecule has 0 saturated heterocycles. The van der Waals surface area contributed by atoms with Crippen LogP contribution in [0.5, 0.6) is 11.5 Å². The zero-order chi connectivity index (χ0) is 23.9. The number of hydrogen-bond donors (Lipinski definition) is 2. The lowest BCUT2D eigenvalue weighted by molar-refractivity contribution is -0.138. The summed E-state index contributed by atoms with van der Waals surface area (Å²) in [4.78, 5) is 25.5. The van der Waals surface area contributed by atoms with Gasteiger partial charge >= 0.3 is 12.0 Å². The first kappa shape index (κ1) is 22.9. The van der Waals surface area contributed by atoms with Crippen molar-refractivity contribution in [3.8, 4) is 11.5 Å². The Balaban J connectivity index is 1.65. The highest BCUT2D eigenvalue weighted by Crippen LogP contribution is 2.33. The minimum absolute atomic E-state index is 0.213. The van der Waals surface area contributed by atoms with Crippen molar-refractivity contribution in [1.82, 2.24) is 10.6 Å². The summed E-state index contributed by atoms with van der Waals surface area (Å²) in [6.07, 6.45) is 0. The molecule has 3 aromatic rings. The van der Waals surface area contributed by atoms with Gasteiger partial charge in [0.1, 0.15) is 18.1 Å². The van der Waals surface area contributed by atoms with Crippen LogP contribution in [0, 0.1) is 0 Å². The Morgan fingerprint density at radius 2 is 1.59 bits per heavy atom. The SMILES string of the molecule is CCOC(=O)C1=C(c2ccc(OC)cc2)NC(=O)NC1c1ccc(OCc2ccccc2)cc1. The Kier molecular flexibility index (Phi) is 7.13. The lowest BCUT2D eigenvalue weighted by Gasteiger charge is -2.29. The summed E-state index contributed by atoms with van der Waals surface area (Å²) in [6, 6.07) is 23.2. The van der Waals surface area contributed by atoms with Gasteiger partial charge in [0.15, 0.2) is 0 Å². The van der Waals surface area contributed by atoms with Crippen molar-refractivity contribution in [3.63, 3.8) is 0 Å². The van der Waals surface area contributed by atoms with Gasteiger partial charge in [0, 0.05) is 0 Å². The normalized spacial score (nSPS) is 15.2. The number of rotatable bonds is 8. The van der Waals surface area contributed by atoms with Crippen molar-refractivity contribution in [2.45, 2.75) is 19.6 Å². The molecule has 174 valence electrons. The molecule has 1 heterocycles. The molecule has 1 unspecified atom stereocenters. The monoisotopic (exact) mass is 458 g/mol. The molecule has 7 heteroatoms. The number of esters is 1. The highest BCUT2D eigenvalue weighted by atomic mass is 16.5. The van der Waals surface area contributed by atoms with Crippen molar-refractivity contribution in [1.29, 1.82) is 0 Å². The van der Waals surface area contributed by atoms with Crippen LogP contribution in [0.4, 0.5) is 4.79 Å². The predicted molar refractivity (Wildman–Crippen MR) is 128 cm³/mol. The number of amides is 2. The molecule has 3 aromatic carbocycles. The summed E-state index contributed by atoms with van der Waals surface area (Å²) in [5.41, 5.74) is 3.19. The third-order valence-electron chi connectivity index (χ3n) is 5.41. The van der Waals surface area contributed by atoms with Gasteiger partial charge in [0.25, 0.3) is 0 Å². The van der Waals surface area contributed by atoms with E-state index in [9.17, 15) is 9.59 Å². The van der Waals surface area contributed by atoms with Crippen LogP contribution in [-0.2, 0) is 16.1 Å². The molecule has 34 heavy (non-hydrogen) atoms. The van der Waals surface area contributed by atoms with E-state index in [-0.39, 0.29) is 6.61 Å². The molecule has 0 spiro atoms. The molecule has 7 nitrogen and oxygen atoms in total. The Labute approximate surface area is 198 Å². The summed E-state index contributed by atoms with van der Waals surface area (Å²) in [7, 11) is 1.58. The highest BCUT2D eigenvalue weighted by Gasteiger charge is 2.34. The maximum absolute atomic E-state index is 13.0. The van der Waals surface area contributed by atoms with Gasteiger partial charge in [-0.2, -0.15) is 0 Å². The fourth-order valence-electron chi connectivity index (χ4n) is 3.73. The molecule has 0 aliphatic carbocycles. The van der Waals surface area contributed by atoms with Gasteiger partial charge < -0.3 is 24.8 Å². The standard InChI is InChI=1S/C27H26N2O5/c1-3-33-26(30)23-24(19-9-13-21(32-2)14-10-19)28-27(31)29-25(23)20-11-15-22(16-12-20)34-17-18-7-5-4-6-8-18/h4-16,25H,3,17H2,1-2H3,(H2,28,29,31). The largest absolute Gasteiger partial charge is 0.497 e. The van der Waals surface area contributed by atoms with E-state index in [0.717, 1.165) is 11.1 Å². The lowest BCUT2D eigenvalue weighted by Crippen LogP contribution is -2.45. The summed E-state index contributed by atoms with van der Waals surface area (Å²) >= 11 is 0. The molecule has 1 aliphatic rings. The molecule has 0 saturated carbocycles. The smallest absolute Gasteiger partial charge is 0.338 e. The summed E-state index contributed by atoms with van der Waals surface area (Å²) in [5.74, 6) is 0.852. The number of urea groups is 1. The minimum atomic E-state index is -0.687. The van der Waals surface area contributed by atoms with Crippen LogP contribution >= 0.6 is 0 Å². The van der Waals surface area contributed by atoms with Gasteiger partial charge in [-0.25, -0.2) is 9.59 Å². The molecule has 1 atom stereocenters. The number of methoxy groups -OCH3 is 1. The van der Waals surface area contributed by atoms with Gasteiger partial charge in [0.05, 0.1) is 31.0 Å². The predicted octanol–water partition coefficient (Wildman–Crippen LogP) is 4.60. The average Bonchev–Trinajstić information content (AvgIpc) is 2.88. The maximum atomic E-state index is 13.0. The van der Waals surface area contributed by atoms with Gasteiger partial charge in [-0.1, -0.05) is 42.5 Å². The number of benzene rings is 3. The van der Waals surface area contributed by atoms with E-state index in [4.69, 9.17) is 14.2 Å². The van der Waals surface area contributed by atoms with E-state index >= 15 is 0 Å². The van der Waals surface area contributed by atoms with Crippen molar-refractivity contribution in [3.05, 3.63) is 101 Å². The van der Waals surface area contributed by atoms with E-state index in [1.165, 1.54) is 0 Å². The van der Waals surface area contributed by atoms with Crippen molar-refractivity contribution in [2.24, 2.45) is 0 Å². The van der Waals surface area contributed by atoms with Gasteiger partial charge in [-0.05, 0) is 60.0 Å². The molecule has 0 aromatic heterocycles. The first-order valence-electron chi connectivity index (χ1n) is 11.0. The molecule has 1 aliphatic heterocycles. The summed E-state index contributed by atoms with van der Waals surface area (Å²) in [5, 5.41) is 5.62. The zero-order valence-corrected chi connectivity index (χ0v) is 19.0. The fraction of sp³-hybridized carbons (Fsp3) is 0.185. The molecule has 2 amide bonds. The van der Waals surface area contributed by atoms with Crippen LogP contribution in [0.3, 0.4) is 0 Å². The van der Waals surface area contributed by atoms with E-state index in [1.807, 2.05) is 54.6 Å². The quantitative estimate of drug-likeness (QED) is 0.482. The van der Waals surface area contributed by atoms with E-state index in [0.29, 0.717) is 34.9 Å². The number of carbonyl (C=O) groups is 2. The molecular formula is C27H26N2O5. The van der Waals surface area contributed by atoms with Crippen molar-refractivity contribution < 1.29 is 23.8 Å². The molecule has 0 bridgehead atoms. The van der Waals surface area contributed by atoms with Crippen LogP contribution in [0.1, 0.15) is 29.7 Å².